The molecule has 0 radical (unpaired) electrons. The molecule has 3 aromatic carbocycles. The van der Waals surface area contributed by atoms with Crippen LogP contribution in [0.25, 0.3) is 12.2 Å². The lowest BCUT2D eigenvalue weighted by Gasteiger charge is -2.31. The van der Waals surface area contributed by atoms with Gasteiger partial charge in [0.15, 0.2) is 0 Å². The molecule has 0 bridgehead atoms. The number of para-hydroxylation sites is 1. The van der Waals surface area contributed by atoms with Gasteiger partial charge in [-0.25, -0.2) is 4.79 Å². The van der Waals surface area contributed by atoms with E-state index < -0.39 is 6.09 Å². The van der Waals surface area contributed by atoms with Gasteiger partial charge in [-0.05, 0) is 41.5 Å². The Balaban J connectivity index is 1.67. The molecule has 4 rings (SSSR count). The first-order valence-corrected chi connectivity index (χ1v) is 9.35. The van der Waals surface area contributed by atoms with Crippen LogP contribution in [-0.4, -0.2) is 12.1 Å². The fourth-order valence-corrected chi connectivity index (χ4v) is 3.29. The highest BCUT2D eigenvalue weighted by atomic mass is 35.5. The maximum absolute atomic E-state index is 13.0. The molecule has 0 fully saturated rings. The Bertz CT molecular complexity index is 1030. The molecule has 0 spiro atoms. The number of fused-ring (bicyclic) bond motifs is 1. The lowest BCUT2D eigenvalue weighted by atomic mass is 10.0. The molecule has 1 atom stereocenters. The Labute approximate surface area is 169 Å². The van der Waals surface area contributed by atoms with Crippen LogP contribution >= 0.6 is 11.6 Å². The minimum atomic E-state index is -0.443. The quantitative estimate of drug-likeness (QED) is 0.516. The van der Waals surface area contributed by atoms with E-state index in [1.807, 2.05) is 85.0 Å². The number of halogens is 1. The fourth-order valence-electron chi connectivity index (χ4n) is 3.11. The van der Waals surface area contributed by atoms with Gasteiger partial charge in [-0.3, -0.25) is 4.90 Å². The summed E-state index contributed by atoms with van der Waals surface area (Å²) in [5, 5.41) is 0.623. The van der Waals surface area contributed by atoms with E-state index in [-0.39, 0.29) is 6.04 Å². The Hall–Kier alpha value is -3.30. The number of carbonyl (C=O) groups excluding carboxylic acids is 1. The zero-order valence-corrected chi connectivity index (χ0v) is 15.8. The van der Waals surface area contributed by atoms with Crippen LogP contribution in [0, 0.1) is 0 Å². The second kappa shape index (κ2) is 8.15. The largest absolute Gasteiger partial charge is 0.420 e. The lowest BCUT2D eigenvalue weighted by Crippen LogP contribution is -2.42. The Morgan fingerprint density at radius 1 is 0.964 bits per heavy atom. The van der Waals surface area contributed by atoms with E-state index >= 15 is 0 Å². The van der Waals surface area contributed by atoms with Crippen LogP contribution in [-0.2, 0) is 0 Å². The molecule has 1 unspecified atom stereocenters. The summed E-state index contributed by atoms with van der Waals surface area (Å²) in [4.78, 5) is 14.7. The van der Waals surface area contributed by atoms with Crippen molar-refractivity contribution in [1.82, 2.24) is 0 Å². The van der Waals surface area contributed by atoms with Crippen molar-refractivity contribution in [1.29, 1.82) is 0 Å². The van der Waals surface area contributed by atoms with Gasteiger partial charge in [0.25, 0.3) is 0 Å². The molecular formula is C24H18ClNO2. The van der Waals surface area contributed by atoms with E-state index in [0.29, 0.717) is 10.8 Å². The molecule has 0 N–H and O–H groups in total. The summed E-state index contributed by atoms with van der Waals surface area (Å²) in [6.07, 6.45) is 7.48. The highest BCUT2D eigenvalue weighted by Crippen LogP contribution is 2.32. The molecule has 4 heteroatoms. The Morgan fingerprint density at radius 2 is 1.68 bits per heavy atom. The van der Waals surface area contributed by atoms with Crippen molar-refractivity contribution in [3.05, 3.63) is 107 Å². The standard InChI is InChI=1S/C24H18ClNO2/c25-20-13-16-23-19(17-20)12-15-21(14-11-18-7-3-1-4-8-18)26(23)24(27)28-22-9-5-2-6-10-22/h1-17,21H/b14-11+. The second-order valence-electron chi connectivity index (χ2n) is 6.37. The van der Waals surface area contributed by atoms with Crippen molar-refractivity contribution < 1.29 is 9.53 Å². The van der Waals surface area contributed by atoms with Crippen LogP contribution in [0.2, 0.25) is 5.02 Å². The van der Waals surface area contributed by atoms with Gasteiger partial charge in [0.1, 0.15) is 5.75 Å². The first kappa shape index (κ1) is 18.1. The second-order valence-corrected chi connectivity index (χ2v) is 6.81. The van der Waals surface area contributed by atoms with Crippen LogP contribution in [0.4, 0.5) is 10.5 Å². The average Bonchev–Trinajstić information content (AvgIpc) is 2.73. The number of anilines is 1. The maximum atomic E-state index is 13.0. The SMILES string of the molecule is O=C(Oc1ccccc1)N1c2ccc(Cl)cc2C=CC1/C=C/c1ccccc1. The molecule has 1 amide bonds. The molecule has 3 aromatic rings. The number of rotatable bonds is 3. The first-order chi connectivity index (χ1) is 13.7. The van der Waals surface area contributed by atoms with Crippen molar-refractivity contribution >= 4 is 35.5 Å². The van der Waals surface area contributed by atoms with Crippen LogP contribution < -0.4 is 9.64 Å². The predicted molar refractivity (Wildman–Crippen MR) is 115 cm³/mol. The van der Waals surface area contributed by atoms with E-state index in [9.17, 15) is 4.79 Å². The highest BCUT2D eigenvalue weighted by molar-refractivity contribution is 6.30. The van der Waals surface area contributed by atoms with Crippen molar-refractivity contribution in [2.24, 2.45) is 0 Å². The van der Waals surface area contributed by atoms with Gasteiger partial charge < -0.3 is 4.74 Å². The number of nitrogens with zero attached hydrogens (tertiary/aromatic N) is 1. The normalized spacial score (nSPS) is 15.5. The topological polar surface area (TPSA) is 29.5 Å². The molecule has 1 aliphatic heterocycles. The molecule has 0 aromatic heterocycles. The van der Waals surface area contributed by atoms with Gasteiger partial charge in [0.05, 0.1) is 11.7 Å². The molecular weight excluding hydrogens is 370 g/mol. The third-order valence-corrected chi connectivity index (χ3v) is 4.69. The predicted octanol–water partition coefficient (Wildman–Crippen LogP) is 6.45. The molecule has 1 heterocycles. The van der Waals surface area contributed by atoms with Crippen LogP contribution in [0.1, 0.15) is 11.1 Å². The number of benzene rings is 3. The summed E-state index contributed by atoms with van der Waals surface area (Å²) in [7, 11) is 0. The van der Waals surface area contributed by atoms with Gasteiger partial charge >= 0.3 is 6.09 Å². The summed E-state index contributed by atoms with van der Waals surface area (Å²) in [5.74, 6) is 0.503. The lowest BCUT2D eigenvalue weighted by molar-refractivity contribution is 0.207. The van der Waals surface area contributed by atoms with Crippen LogP contribution in [0.3, 0.4) is 0 Å². The maximum Gasteiger partial charge on any atom is 0.420 e. The third-order valence-electron chi connectivity index (χ3n) is 4.45. The molecule has 3 nitrogen and oxygen atoms in total. The molecule has 0 saturated heterocycles. The minimum absolute atomic E-state index is 0.273. The first-order valence-electron chi connectivity index (χ1n) is 8.98. The van der Waals surface area contributed by atoms with Crippen molar-refractivity contribution in [3.8, 4) is 5.75 Å². The number of hydrogen-bond donors (Lipinski definition) is 0. The van der Waals surface area contributed by atoms with E-state index in [4.69, 9.17) is 16.3 Å². The summed E-state index contributed by atoms with van der Waals surface area (Å²) >= 11 is 6.13. The van der Waals surface area contributed by atoms with Crippen molar-refractivity contribution in [3.63, 3.8) is 0 Å². The smallest absolute Gasteiger partial charge is 0.410 e. The van der Waals surface area contributed by atoms with E-state index in [2.05, 4.69) is 0 Å². The number of ether oxygens (including phenoxy) is 1. The zero-order chi connectivity index (χ0) is 19.3. The van der Waals surface area contributed by atoms with Gasteiger partial charge in [0, 0.05) is 5.02 Å². The Morgan fingerprint density at radius 3 is 2.43 bits per heavy atom. The summed E-state index contributed by atoms with van der Waals surface area (Å²) in [6.45, 7) is 0. The number of carbonyl (C=O) groups is 1. The van der Waals surface area contributed by atoms with Gasteiger partial charge in [0.2, 0.25) is 0 Å². The van der Waals surface area contributed by atoms with E-state index in [0.717, 1.165) is 16.8 Å². The van der Waals surface area contributed by atoms with E-state index in [1.54, 1.807) is 23.1 Å². The Kier molecular flexibility index (Phi) is 5.27. The minimum Gasteiger partial charge on any atom is -0.410 e. The van der Waals surface area contributed by atoms with Gasteiger partial charge in [-0.2, -0.15) is 0 Å². The van der Waals surface area contributed by atoms with Crippen LogP contribution in [0.5, 0.6) is 5.75 Å². The van der Waals surface area contributed by atoms with E-state index in [1.165, 1.54) is 0 Å². The van der Waals surface area contributed by atoms with Crippen molar-refractivity contribution in [2.45, 2.75) is 6.04 Å². The van der Waals surface area contributed by atoms with Crippen LogP contribution in [0.15, 0.2) is 91.0 Å². The summed E-state index contributed by atoms with van der Waals surface area (Å²) in [6, 6.07) is 24.2. The van der Waals surface area contributed by atoms with Gasteiger partial charge in [-0.1, -0.05) is 84.4 Å². The summed E-state index contributed by atoms with van der Waals surface area (Å²) < 4.78 is 5.61. The molecule has 0 aliphatic carbocycles. The zero-order valence-electron chi connectivity index (χ0n) is 15.0. The van der Waals surface area contributed by atoms with Crippen molar-refractivity contribution in [2.75, 3.05) is 4.90 Å². The fraction of sp³-hybridized carbons (Fsp3) is 0.0417. The monoisotopic (exact) mass is 387 g/mol. The molecule has 0 saturated carbocycles. The molecule has 138 valence electrons. The number of hydrogen-bond acceptors (Lipinski definition) is 2. The molecule has 1 aliphatic rings. The van der Waals surface area contributed by atoms with Gasteiger partial charge in [-0.15, -0.1) is 0 Å². The summed E-state index contributed by atoms with van der Waals surface area (Å²) in [5.41, 5.74) is 2.70. The third kappa shape index (κ3) is 4.00. The highest BCUT2D eigenvalue weighted by Gasteiger charge is 2.28. The number of amides is 1. The molecule has 28 heavy (non-hydrogen) atoms. The average molecular weight is 388 g/mol.